The zero-order chi connectivity index (χ0) is 32.1. The average Bonchev–Trinajstić information content (AvgIpc) is 3.24. The molecule has 7 atom stereocenters. The van der Waals surface area contributed by atoms with Crippen LogP contribution < -0.4 is 4.74 Å². The minimum absolute atomic E-state index is 0.0371. The maximum Gasteiger partial charge on any atom is 0.453 e. The van der Waals surface area contributed by atoms with Gasteiger partial charge in [-0.3, -0.25) is 4.21 Å². The molecule has 0 aromatic heterocycles. The van der Waals surface area contributed by atoms with E-state index < -0.39 is 29.3 Å². The van der Waals surface area contributed by atoms with Crippen LogP contribution in [-0.2, 0) is 17.2 Å². The van der Waals surface area contributed by atoms with Crippen LogP contribution in [0.15, 0.2) is 18.2 Å². The smallest absolute Gasteiger partial charge is 0.453 e. The molecule has 3 nitrogen and oxygen atoms in total. The third kappa shape index (κ3) is 8.57. The van der Waals surface area contributed by atoms with Crippen molar-refractivity contribution in [2.75, 3.05) is 11.5 Å². The number of alkyl halides is 5. The van der Waals surface area contributed by atoms with Crippen LogP contribution in [0.4, 0.5) is 22.0 Å². The molecule has 4 rings (SSSR count). The monoisotopic (exact) mass is 648 g/mol. The number of ether oxygens (including phenoxy) is 1. The van der Waals surface area contributed by atoms with E-state index in [1.807, 2.05) is 0 Å². The molecule has 1 aromatic rings. The van der Waals surface area contributed by atoms with Gasteiger partial charge in [0.05, 0.1) is 12.2 Å². The summed E-state index contributed by atoms with van der Waals surface area (Å²) in [6.07, 6.45) is 6.51. The first-order chi connectivity index (χ1) is 20.7. The minimum atomic E-state index is -5.54. The molecule has 0 aliphatic heterocycles. The Hall–Kier alpha value is -1.22. The fourth-order valence-corrected chi connectivity index (χ4v) is 9.82. The van der Waals surface area contributed by atoms with Crippen LogP contribution in [0.3, 0.4) is 0 Å². The van der Waals surface area contributed by atoms with Gasteiger partial charge in [0.2, 0.25) is 0 Å². The lowest BCUT2D eigenvalue weighted by Gasteiger charge is -2.53. The van der Waals surface area contributed by atoms with Crippen LogP contribution in [0.1, 0.15) is 128 Å². The molecule has 0 spiro atoms. The predicted molar refractivity (Wildman–Crippen MR) is 167 cm³/mol. The van der Waals surface area contributed by atoms with E-state index in [0.717, 1.165) is 63.5 Å². The Morgan fingerprint density at radius 1 is 0.955 bits per heavy atom. The van der Waals surface area contributed by atoms with E-state index in [-0.39, 0.29) is 29.8 Å². The normalized spacial score (nSPS) is 29.3. The molecular weight excluding hydrogens is 595 g/mol. The van der Waals surface area contributed by atoms with Crippen molar-refractivity contribution < 1.29 is 36.0 Å². The number of aliphatic hydroxyl groups excluding tert-OH is 1. The van der Waals surface area contributed by atoms with Crippen molar-refractivity contribution in [2.24, 2.45) is 23.2 Å². The number of fused-ring (bicyclic) bond motifs is 5. The largest absolute Gasteiger partial charge is 0.491 e. The van der Waals surface area contributed by atoms with Gasteiger partial charge in [0.1, 0.15) is 5.75 Å². The van der Waals surface area contributed by atoms with Crippen LogP contribution >= 0.6 is 0 Å². The number of halogens is 5. The van der Waals surface area contributed by atoms with Crippen molar-refractivity contribution in [2.45, 2.75) is 147 Å². The predicted octanol–water partition coefficient (Wildman–Crippen LogP) is 9.76. The van der Waals surface area contributed by atoms with Crippen molar-refractivity contribution in [3.05, 3.63) is 29.3 Å². The summed E-state index contributed by atoms with van der Waals surface area (Å²) in [5, 5.41) is 10.9. The molecule has 3 aliphatic carbocycles. The standard InChI is InChI=1S/C35H53F5O3S/c1-24(2)43-27-13-14-28-26(23-27)22-25(32-29(28)17-19-33(3)30(32)15-16-31(33)41)12-9-7-5-4-6-8-10-20-44(42)21-11-18-34(36,37)35(38,39)40/h13-14,23-25,29-32,41H,4-12,15-22H2,1-3H3/t25-,29-,30+,31+,32-,33+,44?/m1/s1. The van der Waals surface area contributed by atoms with Gasteiger partial charge in [0.15, 0.2) is 0 Å². The molecule has 0 radical (unpaired) electrons. The van der Waals surface area contributed by atoms with Gasteiger partial charge < -0.3 is 9.84 Å². The number of rotatable bonds is 16. The number of aliphatic hydroxyl groups is 1. The van der Waals surface area contributed by atoms with E-state index in [9.17, 15) is 31.3 Å². The Labute approximate surface area is 263 Å². The number of benzene rings is 1. The lowest BCUT2D eigenvalue weighted by molar-refractivity contribution is -0.284. The van der Waals surface area contributed by atoms with Gasteiger partial charge in [0.25, 0.3) is 0 Å². The molecule has 2 fully saturated rings. The second-order valence-electron chi connectivity index (χ2n) is 14.3. The van der Waals surface area contributed by atoms with Crippen molar-refractivity contribution >= 4 is 10.8 Å². The van der Waals surface area contributed by atoms with Crippen molar-refractivity contribution in [1.82, 2.24) is 0 Å². The SMILES string of the molecule is CC(C)Oc1ccc2c(c1)C[C@@H](CCCCCCCCCS(=O)CCCC(F)(F)C(F)(F)F)[C@@H]1[C@@H]2CC[C@]2(C)[C@@H](O)CC[C@@H]12. The molecular formula is C35H53F5O3S. The van der Waals surface area contributed by atoms with Crippen LogP contribution in [0.25, 0.3) is 0 Å². The Bertz CT molecular complexity index is 1090. The van der Waals surface area contributed by atoms with Gasteiger partial charge >= 0.3 is 12.1 Å². The lowest BCUT2D eigenvalue weighted by Crippen LogP contribution is -2.47. The van der Waals surface area contributed by atoms with Crippen LogP contribution in [0.5, 0.6) is 5.75 Å². The van der Waals surface area contributed by atoms with Crippen molar-refractivity contribution in [3.8, 4) is 5.75 Å². The van der Waals surface area contributed by atoms with Crippen molar-refractivity contribution in [1.29, 1.82) is 0 Å². The third-order valence-electron chi connectivity index (χ3n) is 10.9. The van der Waals surface area contributed by atoms with Crippen LogP contribution in [-0.4, -0.2) is 45.1 Å². The Morgan fingerprint density at radius 2 is 1.61 bits per heavy atom. The van der Waals surface area contributed by atoms with Gasteiger partial charge in [-0.2, -0.15) is 22.0 Å². The first-order valence-corrected chi connectivity index (χ1v) is 18.5. The molecule has 2 saturated carbocycles. The van der Waals surface area contributed by atoms with Gasteiger partial charge in [-0.15, -0.1) is 0 Å². The van der Waals surface area contributed by atoms with Gasteiger partial charge in [-0.1, -0.05) is 51.5 Å². The first-order valence-electron chi connectivity index (χ1n) is 17.0. The molecule has 0 saturated heterocycles. The lowest BCUT2D eigenvalue weighted by atomic mass is 9.52. The summed E-state index contributed by atoms with van der Waals surface area (Å²) in [7, 11) is -1.35. The average molecular weight is 649 g/mol. The van der Waals surface area contributed by atoms with E-state index in [0.29, 0.717) is 35.8 Å². The first kappa shape index (κ1) is 35.6. The third-order valence-corrected chi connectivity index (χ3v) is 12.4. The van der Waals surface area contributed by atoms with Crippen LogP contribution in [0.2, 0.25) is 0 Å². The fourth-order valence-electron chi connectivity index (χ4n) is 8.62. The topological polar surface area (TPSA) is 46.5 Å². The minimum Gasteiger partial charge on any atom is -0.491 e. The highest BCUT2D eigenvalue weighted by Gasteiger charge is 2.57. The molecule has 1 aromatic carbocycles. The summed E-state index contributed by atoms with van der Waals surface area (Å²) in [5.74, 6) is -1.12. The quantitative estimate of drug-likeness (QED) is 0.143. The highest BCUT2D eigenvalue weighted by atomic mass is 32.2. The van der Waals surface area contributed by atoms with E-state index in [1.54, 1.807) is 0 Å². The summed E-state index contributed by atoms with van der Waals surface area (Å²) in [6, 6.07) is 6.74. The van der Waals surface area contributed by atoms with E-state index in [2.05, 4.69) is 39.0 Å². The Balaban J connectivity index is 1.20. The van der Waals surface area contributed by atoms with Crippen molar-refractivity contribution in [3.63, 3.8) is 0 Å². The molecule has 252 valence electrons. The summed E-state index contributed by atoms with van der Waals surface area (Å²) in [5.41, 5.74) is 2.99. The number of hydrogen-bond acceptors (Lipinski definition) is 3. The molecule has 0 bridgehead atoms. The zero-order valence-corrected chi connectivity index (χ0v) is 27.6. The highest BCUT2D eigenvalue weighted by Crippen LogP contribution is 2.62. The molecule has 1 N–H and O–H groups in total. The van der Waals surface area contributed by atoms with Crippen LogP contribution in [0, 0.1) is 23.2 Å². The maximum atomic E-state index is 13.0. The van der Waals surface area contributed by atoms with E-state index in [1.165, 1.54) is 30.4 Å². The second kappa shape index (κ2) is 15.1. The van der Waals surface area contributed by atoms with Gasteiger partial charge in [-0.05, 0) is 118 Å². The number of unbranched alkanes of at least 4 members (excludes halogenated alkanes) is 6. The van der Waals surface area contributed by atoms with Gasteiger partial charge in [-0.25, -0.2) is 0 Å². The fraction of sp³-hybridized carbons (Fsp3) is 0.829. The summed E-state index contributed by atoms with van der Waals surface area (Å²) in [4.78, 5) is 0. The molecule has 44 heavy (non-hydrogen) atoms. The summed E-state index contributed by atoms with van der Waals surface area (Å²) < 4.78 is 80.8. The van der Waals surface area contributed by atoms with E-state index >= 15 is 0 Å². The van der Waals surface area contributed by atoms with E-state index in [4.69, 9.17) is 4.74 Å². The summed E-state index contributed by atoms with van der Waals surface area (Å²) in [6.45, 7) is 6.45. The molecule has 0 heterocycles. The molecule has 0 amide bonds. The number of hydrogen-bond donors (Lipinski definition) is 1. The Morgan fingerprint density at radius 3 is 2.30 bits per heavy atom. The van der Waals surface area contributed by atoms with Gasteiger partial charge in [0, 0.05) is 28.7 Å². The maximum absolute atomic E-state index is 13.0. The highest BCUT2D eigenvalue weighted by molar-refractivity contribution is 7.84. The summed E-state index contributed by atoms with van der Waals surface area (Å²) >= 11 is 0. The molecule has 3 aliphatic rings. The zero-order valence-electron chi connectivity index (χ0n) is 26.8. The molecule has 9 heteroatoms. The Kier molecular flexibility index (Phi) is 12.2. The molecule has 1 unspecified atom stereocenters. The second-order valence-corrected chi connectivity index (χ2v) is 16.0.